The maximum Gasteiger partial charge on any atom is 0.305 e. The highest BCUT2D eigenvalue weighted by Crippen LogP contribution is 2.44. The van der Waals surface area contributed by atoms with E-state index in [0.717, 1.165) is 5.57 Å². The third kappa shape index (κ3) is 4.74. The van der Waals surface area contributed by atoms with E-state index in [4.69, 9.17) is 10.8 Å². The number of carboxylic acids is 1. The van der Waals surface area contributed by atoms with Gasteiger partial charge in [-0.25, -0.2) is 0 Å². The lowest BCUT2D eigenvalue weighted by Crippen LogP contribution is -2.54. The van der Waals surface area contributed by atoms with Crippen molar-refractivity contribution in [1.29, 1.82) is 0 Å². The zero-order valence-corrected chi connectivity index (χ0v) is 14.5. The summed E-state index contributed by atoms with van der Waals surface area (Å²) >= 11 is 0. The number of fused-ring (bicyclic) bond motifs is 1. The van der Waals surface area contributed by atoms with E-state index in [1.165, 1.54) is 0 Å². The van der Waals surface area contributed by atoms with E-state index in [1.54, 1.807) is 0 Å². The Morgan fingerprint density at radius 2 is 2.16 bits per heavy atom. The van der Waals surface area contributed by atoms with Gasteiger partial charge >= 0.3 is 5.97 Å². The van der Waals surface area contributed by atoms with Crippen molar-refractivity contribution in [3.05, 3.63) is 28.7 Å². The molecule has 2 rings (SSSR count). The molecule has 0 bridgehead atoms. The summed E-state index contributed by atoms with van der Waals surface area (Å²) in [5, 5.41) is 31.6. The molecule has 0 aromatic rings. The fourth-order valence-electron chi connectivity index (χ4n) is 4.14. The van der Waals surface area contributed by atoms with Crippen molar-refractivity contribution in [3.63, 3.8) is 0 Å². The summed E-state index contributed by atoms with van der Waals surface area (Å²) in [6, 6.07) is -0.331. The highest BCUT2D eigenvalue weighted by Gasteiger charge is 2.44. The molecule has 0 spiro atoms. The van der Waals surface area contributed by atoms with Crippen LogP contribution in [0.1, 0.15) is 45.4 Å². The summed E-state index contributed by atoms with van der Waals surface area (Å²) < 4.78 is 0. The Hall–Kier alpha value is -1.57. The molecule has 0 aromatic carbocycles. The molecule has 5 N–H and O–H groups in total. The molecule has 25 heavy (non-hydrogen) atoms. The molecule has 0 aliphatic heterocycles. The van der Waals surface area contributed by atoms with Crippen molar-refractivity contribution in [3.8, 4) is 0 Å². The van der Waals surface area contributed by atoms with Gasteiger partial charge in [-0.3, -0.25) is 4.79 Å². The molecule has 0 aromatic heterocycles. The van der Waals surface area contributed by atoms with Crippen molar-refractivity contribution >= 4 is 5.97 Å². The number of nitrogens with two attached hydrogens (primary N) is 1. The van der Waals surface area contributed by atoms with Crippen LogP contribution in [-0.2, 0) is 4.79 Å². The minimum Gasteiger partial charge on any atom is -0.481 e. The van der Waals surface area contributed by atoms with Gasteiger partial charge in [-0.15, -0.1) is 0 Å². The van der Waals surface area contributed by atoms with Gasteiger partial charge in [-0.2, -0.15) is 4.91 Å². The Bertz CT molecular complexity index is 562. The largest absolute Gasteiger partial charge is 0.481 e. The van der Waals surface area contributed by atoms with E-state index in [9.17, 15) is 19.9 Å². The molecule has 0 saturated carbocycles. The van der Waals surface area contributed by atoms with Crippen LogP contribution >= 0.6 is 0 Å². The van der Waals surface area contributed by atoms with E-state index in [2.05, 4.69) is 18.2 Å². The third-order valence-corrected chi connectivity index (χ3v) is 5.54. The third-order valence-electron chi connectivity index (χ3n) is 5.54. The predicted molar refractivity (Wildman–Crippen MR) is 93.7 cm³/mol. The second kappa shape index (κ2) is 8.21. The standard InChI is InChI=1S/C18H28N2O5/c1-11-2-3-12-8-13(20-25)6-7-18(12,19)16(11)5-4-14(21)9-15(22)10-17(23)24/h2-3,8,11,13-16,21-22H,4-7,9-10,19H2,1H3,(H,23,24)/t11-,13-,14+,15+,16-,18+/m0/s1. The van der Waals surface area contributed by atoms with Crippen LogP contribution in [0.3, 0.4) is 0 Å². The molecule has 2 aliphatic rings. The van der Waals surface area contributed by atoms with Gasteiger partial charge in [0.25, 0.3) is 0 Å². The molecule has 0 fully saturated rings. The normalized spacial score (nSPS) is 33.9. The molecule has 7 nitrogen and oxygen atoms in total. The number of aliphatic hydroxyl groups excluding tert-OH is 2. The number of hydrogen-bond acceptors (Lipinski definition) is 6. The highest BCUT2D eigenvalue weighted by molar-refractivity contribution is 5.67. The summed E-state index contributed by atoms with van der Waals surface area (Å²) in [5.41, 5.74) is 7.10. The highest BCUT2D eigenvalue weighted by atomic mass is 16.4. The van der Waals surface area contributed by atoms with Gasteiger partial charge < -0.3 is 21.1 Å². The summed E-state index contributed by atoms with van der Waals surface area (Å²) in [4.78, 5) is 21.4. The van der Waals surface area contributed by atoms with Crippen LogP contribution in [0.4, 0.5) is 0 Å². The minimum absolute atomic E-state index is 0.0423. The molecule has 140 valence electrons. The van der Waals surface area contributed by atoms with Crippen LogP contribution in [0, 0.1) is 16.7 Å². The Balaban J connectivity index is 2.00. The fourth-order valence-corrected chi connectivity index (χ4v) is 4.14. The van der Waals surface area contributed by atoms with Crippen LogP contribution in [0.5, 0.6) is 0 Å². The number of allylic oxidation sites excluding steroid dienone is 1. The molecular weight excluding hydrogens is 324 g/mol. The van der Waals surface area contributed by atoms with Gasteiger partial charge in [-0.1, -0.05) is 30.3 Å². The fraction of sp³-hybridized carbons (Fsp3) is 0.722. The number of carbonyl (C=O) groups is 1. The van der Waals surface area contributed by atoms with Crippen LogP contribution in [0.25, 0.3) is 0 Å². The monoisotopic (exact) mass is 352 g/mol. The molecule has 0 radical (unpaired) electrons. The van der Waals surface area contributed by atoms with Gasteiger partial charge in [0.05, 0.1) is 18.6 Å². The van der Waals surface area contributed by atoms with E-state index in [0.29, 0.717) is 25.7 Å². The topological polar surface area (TPSA) is 133 Å². The first kappa shape index (κ1) is 19.8. The zero-order valence-electron chi connectivity index (χ0n) is 14.5. The smallest absolute Gasteiger partial charge is 0.305 e. The molecule has 0 heterocycles. The molecule has 0 amide bonds. The lowest BCUT2D eigenvalue weighted by molar-refractivity contribution is -0.139. The maximum atomic E-state index is 10.8. The number of carboxylic acid groups (broad SMARTS) is 1. The first-order valence-electron chi connectivity index (χ1n) is 8.86. The van der Waals surface area contributed by atoms with Gasteiger partial charge in [0.2, 0.25) is 0 Å². The van der Waals surface area contributed by atoms with Crippen molar-refractivity contribution < 1.29 is 20.1 Å². The molecule has 7 heteroatoms. The van der Waals surface area contributed by atoms with Gasteiger partial charge in [0.15, 0.2) is 0 Å². The van der Waals surface area contributed by atoms with E-state index >= 15 is 0 Å². The first-order valence-corrected chi connectivity index (χ1v) is 8.86. The van der Waals surface area contributed by atoms with Crippen molar-refractivity contribution in [2.75, 3.05) is 0 Å². The molecule has 0 unspecified atom stereocenters. The summed E-state index contributed by atoms with van der Waals surface area (Å²) in [6.07, 6.45) is 6.16. The van der Waals surface area contributed by atoms with Crippen molar-refractivity contribution in [1.82, 2.24) is 0 Å². The Morgan fingerprint density at radius 3 is 2.80 bits per heavy atom. The summed E-state index contributed by atoms with van der Waals surface area (Å²) in [7, 11) is 0. The van der Waals surface area contributed by atoms with E-state index < -0.39 is 23.7 Å². The minimum atomic E-state index is -1.08. The SMILES string of the molecule is C[C@H]1C=CC2=C[C@@H](N=O)CC[C@]2(N)[C@H]1CC[C@@H](O)C[C@@H](O)CC(=O)O. The maximum absolute atomic E-state index is 10.8. The number of rotatable bonds is 8. The molecule has 0 saturated heterocycles. The number of aliphatic hydroxyl groups is 2. The van der Waals surface area contributed by atoms with Crippen LogP contribution < -0.4 is 5.73 Å². The zero-order chi connectivity index (χ0) is 18.6. The number of nitrogens with zero attached hydrogens (tertiary/aromatic N) is 1. The Kier molecular flexibility index (Phi) is 6.48. The summed E-state index contributed by atoms with van der Waals surface area (Å²) in [5.74, 6) is -0.733. The lowest BCUT2D eigenvalue weighted by atomic mass is 9.62. The van der Waals surface area contributed by atoms with Crippen LogP contribution in [0.2, 0.25) is 0 Å². The Morgan fingerprint density at radius 1 is 1.44 bits per heavy atom. The first-order chi connectivity index (χ1) is 11.8. The van der Waals surface area contributed by atoms with Crippen molar-refractivity contribution in [2.45, 2.75) is 69.2 Å². The molecule has 2 aliphatic carbocycles. The molecule has 6 atom stereocenters. The number of aliphatic carboxylic acids is 1. The van der Waals surface area contributed by atoms with Gasteiger partial charge in [0, 0.05) is 5.54 Å². The predicted octanol–water partition coefficient (Wildman–Crippen LogP) is 1.73. The van der Waals surface area contributed by atoms with Crippen LogP contribution in [0.15, 0.2) is 29.0 Å². The second-order valence-electron chi connectivity index (χ2n) is 7.42. The van der Waals surface area contributed by atoms with Gasteiger partial charge in [0.1, 0.15) is 6.04 Å². The lowest BCUT2D eigenvalue weighted by Gasteiger charge is -2.47. The van der Waals surface area contributed by atoms with E-state index in [-0.39, 0.29) is 30.7 Å². The average Bonchev–Trinajstić information content (AvgIpc) is 2.52. The van der Waals surface area contributed by atoms with Gasteiger partial charge in [-0.05, 0) is 49.5 Å². The van der Waals surface area contributed by atoms with Crippen LogP contribution in [-0.4, -0.2) is 45.1 Å². The summed E-state index contributed by atoms with van der Waals surface area (Å²) in [6.45, 7) is 2.09. The van der Waals surface area contributed by atoms with E-state index in [1.807, 2.05) is 12.2 Å². The molecular formula is C18H28N2O5. The quantitative estimate of drug-likeness (QED) is 0.492. The van der Waals surface area contributed by atoms with Crippen molar-refractivity contribution in [2.24, 2.45) is 22.7 Å². The average molecular weight is 352 g/mol. The Labute approximate surface area is 147 Å². The second-order valence-corrected chi connectivity index (χ2v) is 7.42. The number of nitroso groups, excluding NO2 is 1. The number of hydrogen-bond donors (Lipinski definition) is 4.